The van der Waals surface area contributed by atoms with Crippen molar-refractivity contribution in [1.29, 1.82) is 0 Å². The summed E-state index contributed by atoms with van der Waals surface area (Å²) in [6.45, 7) is 2.17. The second-order valence-electron chi connectivity index (χ2n) is 7.87. The fourth-order valence-electron chi connectivity index (χ4n) is 4.05. The summed E-state index contributed by atoms with van der Waals surface area (Å²) in [6, 6.07) is 23.5. The van der Waals surface area contributed by atoms with Crippen molar-refractivity contribution in [3.63, 3.8) is 0 Å². The number of anilines is 1. The van der Waals surface area contributed by atoms with Crippen LogP contribution < -0.4 is 10.2 Å². The molecular formula is C24H26N2O3S. The summed E-state index contributed by atoms with van der Waals surface area (Å²) in [5.41, 5.74) is 1.85. The molecule has 2 unspecified atom stereocenters. The molecule has 0 radical (unpaired) electrons. The van der Waals surface area contributed by atoms with Crippen LogP contribution in [-0.2, 0) is 14.6 Å². The summed E-state index contributed by atoms with van der Waals surface area (Å²) in [5, 5.41) is 5.66. The Balaban J connectivity index is 1.49. The zero-order chi connectivity index (χ0) is 21.1. The molecule has 3 aromatic rings. The van der Waals surface area contributed by atoms with E-state index < -0.39 is 9.84 Å². The lowest BCUT2D eigenvalue weighted by Gasteiger charge is -2.29. The number of benzene rings is 3. The number of hydrogen-bond donors (Lipinski definition) is 1. The Bertz CT molecular complexity index is 1150. The highest BCUT2D eigenvalue weighted by Crippen LogP contribution is 2.25. The molecule has 1 amide bonds. The van der Waals surface area contributed by atoms with Crippen LogP contribution in [0.4, 0.5) is 5.69 Å². The first-order valence-corrected chi connectivity index (χ1v) is 12.0. The first kappa shape index (κ1) is 20.6. The van der Waals surface area contributed by atoms with Gasteiger partial charge in [-0.05, 0) is 47.9 Å². The Morgan fingerprint density at radius 1 is 1.03 bits per heavy atom. The molecule has 2 atom stereocenters. The van der Waals surface area contributed by atoms with Gasteiger partial charge in [0.2, 0.25) is 5.91 Å². The van der Waals surface area contributed by atoms with E-state index in [1.165, 1.54) is 5.39 Å². The first-order valence-electron chi connectivity index (χ1n) is 10.2. The largest absolute Gasteiger partial charge is 0.307 e. The van der Waals surface area contributed by atoms with Crippen molar-refractivity contribution in [2.45, 2.75) is 25.4 Å². The number of carbonyl (C=O) groups excluding carboxylic acids is 1. The summed E-state index contributed by atoms with van der Waals surface area (Å²) >= 11 is 0. The molecule has 1 heterocycles. The third kappa shape index (κ3) is 4.55. The average molecular weight is 423 g/mol. The van der Waals surface area contributed by atoms with Crippen LogP contribution >= 0.6 is 0 Å². The second kappa shape index (κ2) is 8.58. The number of amides is 1. The zero-order valence-electron chi connectivity index (χ0n) is 17.0. The molecule has 30 heavy (non-hydrogen) atoms. The van der Waals surface area contributed by atoms with Gasteiger partial charge in [0, 0.05) is 11.7 Å². The highest BCUT2D eigenvalue weighted by Gasteiger charge is 2.35. The summed E-state index contributed by atoms with van der Waals surface area (Å²) in [6.07, 6.45) is 0.475. The van der Waals surface area contributed by atoms with Crippen molar-refractivity contribution in [3.05, 3.63) is 78.4 Å². The van der Waals surface area contributed by atoms with Crippen molar-refractivity contribution < 1.29 is 13.2 Å². The van der Waals surface area contributed by atoms with E-state index in [0.717, 1.165) is 16.6 Å². The van der Waals surface area contributed by atoms with E-state index in [-0.39, 0.29) is 36.0 Å². The Labute approximate surface area is 177 Å². The number of rotatable bonds is 6. The number of nitrogens with one attached hydrogen (secondary N) is 1. The molecule has 0 saturated carbocycles. The zero-order valence-corrected chi connectivity index (χ0v) is 17.8. The molecule has 0 bridgehead atoms. The minimum atomic E-state index is -3.09. The normalized spacial score (nSPS) is 18.9. The third-order valence-electron chi connectivity index (χ3n) is 5.71. The van der Waals surface area contributed by atoms with Crippen LogP contribution in [0.2, 0.25) is 0 Å². The minimum Gasteiger partial charge on any atom is -0.307 e. The predicted molar refractivity (Wildman–Crippen MR) is 121 cm³/mol. The van der Waals surface area contributed by atoms with Crippen LogP contribution in [0.25, 0.3) is 10.8 Å². The molecule has 4 rings (SSSR count). The fraction of sp³-hybridized carbons (Fsp3) is 0.292. The Morgan fingerprint density at radius 3 is 2.43 bits per heavy atom. The molecule has 1 aliphatic heterocycles. The lowest BCUT2D eigenvalue weighted by Crippen LogP contribution is -2.46. The topological polar surface area (TPSA) is 66.5 Å². The number of para-hydroxylation sites is 1. The van der Waals surface area contributed by atoms with Crippen LogP contribution in [0, 0.1) is 0 Å². The Hall–Kier alpha value is -2.70. The predicted octanol–water partition coefficient (Wildman–Crippen LogP) is 3.71. The van der Waals surface area contributed by atoms with E-state index in [9.17, 15) is 13.2 Å². The fourth-order valence-corrected chi connectivity index (χ4v) is 5.75. The van der Waals surface area contributed by atoms with E-state index in [4.69, 9.17) is 0 Å². The van der Waals surface area contributed by atoms with E-state index in [1.54, 1.807) is 4.90 Å². The van der Waals surface area contributed by atoms with Crippen molar-refractivity contribution >= 4 is 32.2 Å². The van der Waals surface area contributed by atoms with Gasteiger partial charge in [0.1, 0.15) is 0 Å². The first-order chi connectivity index (χ1) is 14.4. The van der Waals surface area contributed by atoms with E-state index in [2.05, 4.69) is 35.6 Å². The van der Waals surface area contributed by atoms with E-state index >= 15 is 0 Å². The number of carbonyl (C=O) groups is 1. The maximum atomic E-state index is 13.2. The standard InChI is InChI=1S/C24H26N2O3S/c1-18(20-12-11-19-7-5-6-8-21(19)15-20)25-16-24(27)26(22-9-3-2-4-10-22)23-13-14-30(28,29)17-23/h2-12,15,18,23,25H,13-14,16-17H2,1H3. The molecule has 6 heteroatoms. The molecule has 0 aromatic heterocycles. The average Bonchev–Trinajstić information content (AvgIpc) is 3.11. The van der Waals surface area contributed by atoms with Gasteiger partial charge in [0.15, 0.2) is 9.84 Å². The molecule has 156 valence electrons. The number of sulfone groups is 1. The molecule has 1 fully saturated rings. The SMILES string of the molecule is CC(NCC(=O)N(c1ccccc1)C1CCS(=O)(=O)C1)c1ccc2ccccc2c1. The van der Waals surface area contributed by atoms with Crippen LogP contribution in [0.15, 0.2) is 72.8 Å². The minimum absolute atomic E-state index is 0.0107. The summed E-state index contributed by atoms with van der Waals surface area (Å²) < 4.78 is 24.0. The molecule has 3 aromatic carbocycles. The monoisotopic (exact) mass is 422 g/mol. The molecule has 1 aliphatic rings. The third-order valence-corrected chi connectivity index (χ3v) is 7.46. The van der Waals surface area contributed by atoms with Crippen molar-refractivity contribution in [2.75, 3.05) is 23.0 Å². The Morgan fingerprint density at radius 2 is 1.73 bits per heavy atom. The summed E-state index contributed by atoms with van der Waals surface area (Å²) in [4.78, 5) is 14.8. The molecule has 0 aliphatic carbocycles. The van der Waals surface area contributed by atoms with Crippen LogP contribution in [-0.4, -0.2) is 38.4 Å². The smallest absolute Gasteiger partial charge is 0.241 e. The summed E-state index contributed by atoms with van der Waals surface area (Å²) in [5.74, 6) is 0.0409. The van der Waals surface area contributed by atoms with Gasteiger partial charge in [-0.3, -0.25) is 4.79 Å². The van der Waals surface area contributed by atoms with Crippen molar-refractivity contribution in [3.8, 4) is 0 Å². The number of hydrogen-bond acceptors (Lipinski definition) is 4. The van der Waals surface area contributed by atoms with E-state index in [1.807, 2.05) is 49.4 Å². The van der Waals surface area contributed by atoms with Gasteiger partial charge in [-0.25, -0.2) is 8.42 Å². The van der Waals surface area contributed by atoms with Gasteiger partial charge < -0.3 is 10.2 Å². The highest BCUT2D eigenvalue weighted by atomic mass is 32.2. The molecular weight excluding hydrogens is 396 g/mol. The maximum absolute atomic E-state index is 13.2. The van der Waals surface area contributed by atoms with Gasteiger partial charge in [-0.1, -0.05) is 54.6 Å². The van der Waals surface area contributed by atoms with E-state index in [0.29, 0.717) is 6.42 Å². The number of fused-ring (bicyclic) bond motifs is 1. The van der Waals surface area contributed by atoms with Crippen LogP contribution in [0.5, 0.6) is 0 Å². The van der Waals surface area contributed by atoms with Gasteiger partial charge in [-0.2, -0.15) is 0 Å². The number of nitrogens with zero attached hydrogens (tertiary/aromatic N) is 1. The van der Waals surface area contributed by atoms with Crippen LogP contribution in [0.1, 0.15) is 24.9 Å². The Kier molecular flexibility index (Phi) is 5.88. The summed E-state index contributed by atoms with van der Waals surface area (Å²) in [7, 11) is -3.09. The quantitative estimate of drug-likeness (QED) is 0.658. The lowest BCUT2D eigenvalue weighted by atomic mass is 10.0. The molecule has 1 N–H and O–H groups in total. The van der Waals surface area contributed by atoms with Gasteiger partial charge in [0.25, 0.3) is 0 Å². The lowest BCUT2D eigenvalue weighted by molar-refractivity contribution is -0.118. The van der Waals surface area contributed by atoms with Gasteiger partial charge >= 0.3 is 0 Å². The molecule has 1 saturated heterocycles. The second-order valence-corrected chi connectivity index (χ2v) is 10.1. The van der Waals surface area contributed by atoms with Crippen molar-refractivity contribution in [1.82, 2.24) is 5.32 Å². The van der Waals surface area contributed by atoms with Gasteiger partial charge in [-0.15, -0.1) is 0 Å². The van der Waals surface area contributed by atoms with Gasteiger partial charge in [0.05, 0.1) is 24.1 Å². The molecule has 0 spiro atoms. The maximum Gasteiger partial charge on any atom is 0.241 e. The van der Waals surface area contributed by atoms with Crippen molar-refractivity contribution in [2.24, 2.45) is 0 Å². The molecule has 5 nitrogen and oxygen atoms in total. The van der Waals surface area contributed by atoms with Crippen LogP contribution in [0.3, 0.4) is 0 Å². The highest BCUT2D eigenvalue weighted by molar-refractivity contribution is 7.91.